The molecule has 1 rings (SSSR count). The summed E-state index contributed by atoms with van der Waals surface area (Å²) in [7, 11) is 1.92. The molecule has 5 heteroatoms. The lowest BCUT2D eigenvalue weighted by molar-refractivity contribution is -0.0629. The highest BCUT2D eigenvalue weighted by Gasteiger charge is 2.42. The average molecular weight is 230 g/mol. The van der Waals surface area contributed by atoms with Gasteiger partial charge in [-0.3, -0.25) is 0 Å². The Bertz CT molecular complexity index is 210. The van der Waals surface area contributed by atoms with Gasteiger partial charge in [-0.2, -0.15) is 0 Å². The van der Waals surface area contributed by atoms with E-state index in [0.717, 1.165) is 0 Å². The molecule has 1 fully saturated rings. The molecule has 0 aromatic rings. The van der Waals surface area contributed by atoms with Crippen LogP contribution >= 0.6 is 0 Å². The minimum absolute atomic E-state index is 0.0850. The summed E-state index contributed by atoms with van der Waals surface area (Å²) < 4.78 is 16.7. The van der Waals surface area contributed by atoms with Crippen molar-refractivity contribution in [1.82, 2.24) is 0 Å². The zero-order valence-electron chi connectivity index (χ0n) is 10.8. The second kappa shape index (κ2) is 6.01. The number of ether oxygens (including phenoxy) is 3. The zero-order chi connectivity index (χ0) is 12.3. The number of rotatable bonds is 5. The fourth-order valence-electron chi connectivity index (χ4n) is 1.85. The van der Waals surface area contributed by atoms with Gasteiger partial charge in [0.2, 0.25) is 0 Å². The normalized spacial score (nSPS) is 35.2. The minimum atomic E-state index is -0.601. The van der Waals surface area contributed by atoms with E-state index in [2.05, 4.69) is 0 Å². The van der Waals surface area contributed by atoms with Crippen LogP contribution in [0.1, 0.15) is 27.7 Å². The second-order valence-electron chi connectivity index (χ2n) is 4.90. The van der Waals surface area contributed by atoms with Crippen LogP contribution < -0.4 is 0 Å². The van der Waals surface area contributed by atoms with E-state index in [4.69, 9.17) is 14.2 Å². The first-order chi connectivity index (χ1) is 7.41. The number of aliphatic hydroxyl groups excluding tert-OH is 1. The molecule has 0 bridgehead atoms. The Hall–Kier alpha value is -0.0951. The molecule has 1 aliphatic heterocycles. The van der Waals surface area contributed by atoms with Crippen molar-refractivity contribution in [1.29, 1.82) is 0 Å². The van der Waals surface area contributed by atoms with Crippen molar-refractivity contribution in [3.05, 3.63) is 0 Å². The Balaban J connectivity index is 2.46. The van der Waals surface area contributed by atoms with Gasteiger partial charge in [-0.05, 0) is 27.7 Å². The first-order valence-corrected chi connectivity index (χ1v) is 6.02. The fraction of sp³-hybridized carbons (Fsp3) is 1.00. The Morgan fingerprint density at radius 1 is 1.25 bits per heavy atom. The molecule has 0 saturated carbocycles. The topological polar surface area (TPSA) is 47.9 Å². The second-order valence-corrected chi connectivity index (χ2v) is 4.90. The Kier molecular flexibility index (Phi) is 5.24. The van der Waals surface area contributed by atoms with E-state index in [9.17, 15) is 5.11 Å². The van der Waals surface area contributed by atoms with Crippen LogP contribution in [0, 0.1) is 0 Å². The minimum Gasteiger partial charge on any atom is -0.388 e. The molecule has 0 amide bonds. The largest absolute Gasteiger partial charge is 0.388 e. The molecule has 0 aromatic heterocycles. The maximum atomic E-state index is 10.1. The van der Waals surface area contributed by atoms with Gasteiger partial charge >= 0.3 is 0 Å². The third-order valence-electron chi connectivity index (χ3n) is 2.59. The van der Waals surface area contributed by atoms with Gasteiger partial charge in [-0.25, -0.2) is 0 Å². The van der Waals surface area contributed by atoms with Crippen molar-refractivity contribution >= 4 is 7.85 Å². The average Bonchev–Trinajstić information content (AvgIpc) is 2.42. The van der Waals surface area contributed by atoms with Gasteiger partial charge in [0, 0.05) is 0 Å². The molecule has 1 saturated heterocycles. The predicted molar refractivity (Wildman–Crippen MR) is 64.3 cm³/mol. The van der Waals surface area contributed by atoms with E-state index >= 15 is 0 Å². The van der Waals surface area contributed by atoms with Crippen LogP contribution in [0.4, 0.5) is 0 Å². The lowest BCUT2D eigenvalue weighted by Gasteiger charge is -2.21. The van der Waals surface area contributed by atoms with Gasteiger partial charge < -0.3 is 19.3 Å². The maximum absolute atomic E-state index is 10.1. The SMILES string of the molecule is B[C@@H]1O[C@H](COC(C)C)C(O)[C@@H]1OC(C)C. The van der Waals surface area contributed by atoms with Crippen LogP contribution in [0.2, 0.25) is 0 Å². The van der Waals surface area contributed by atoms with Crippen LogP contribution in [-0.2, 0) is 14.2 Å². The van der Waals surface area contributed by atoms with Crippen LogP contribution in [0.3, 0.4) is 0 Å². The van der Waals surface area contributed by atoms with Crippen LogP contribution in [0.5, 0.6) is 0 Å². The molecular formula is C11H23BO4. The molecule has 0 radical (unpaired) electrons. The van der Waals surface area contributed by atoms with E-state index in [1.54, 1.807) is 0 Å². The molecule has 94 valence electrons. The molecule has 0 aromatic carbocycles. The van der Waals surface area contributed by atoms with E-state index in [0.29, 0.717) is 6.61 Å². The smallest absolute Gasteiger partial charge is 0.142 e. The Labute approximate surface area is 98.7 Å². The summed E-state index contributed by atoms with van der Waals surface area (Å²) in [5.74, 6) is 0. The van der Waals surface area contributed by atoms with Crippen molar-refractivity contribution in [3.8, 4) is 0 Å². The lowest BCUT2D eigenvalue weighted by Crippen LogP contribution is -2.38. The van der Waals surface area contributed by atoms with Crippen molar-refractivity contribution in [2.75, 3.05) is 6.61 Å². The summed E-state index contributed by atoms with van der Waals surface area (Å²) in [6.45, 7) is 8.26. The molecule has 1 N–H and O–H groups in total. The third kappa shape index (κ3) is 3.73. The third-order valence-corrected chi connectivity index (χ3v) is 2.59. The lowest BCUT2D eigenvalue weighted by atomic mass is 9.93. The number of hydrogen-bond donors (Lipinski definition) is 1. The zero-order valence-corrected chi connectivity index (χ0v) is 10.8. The summed E-state index contributed by atoms with van der Waals surface area (Å²) in [6, 6.07) is -0.0850. The predicted octanol–water partition coefficient (Wildman–Crippen LogP) is -0.0761. The van der Waals surface area contributed by atoms with E-state index < -0.39 is 6.10 Å². The number of hydrogen-bond acceptors (Lipinski definition) is 4. The van der Waals surface area contributed by atoms with Crippen LogP contribution in [-0.4, -0.2) is 56.1 Å². The monoisotopic (exact) mass is 230 g/mol. The van der Waals surface area contributed by atoms with E-state index in [1.807, 2.05) is 35.5 Å². The summed E-state index contributed by atoms with van der Waals surface area (Å²) >= 11 is 0. The molecule has 1 heterocycles. The van der Waals surface area contributed by atoms with Gasteiger partial charge in [0.05, 0.1) is 24.8 Å². The number of aliphatic hydroxyl groups is 1. The van der Waals surface area contributed by atoms with Crippen molar-refractivity contribution in [3.63, 3.8) is 0 Å². The molecule has 1 unspecified atom stereocenters. The van der Waals surface area contributed by atoms with Gasteiger partial charge in [0.15, 0.2) is 0 Å². The first kappa shape index (κ1) is 14.0. The van der Waals surface area contributed by atoms with E-state index in [1.165, 1.54) is 0 Å². The van der Waals surface area contributed by atoms with Crippen LogP contribution in [0.15, 0.2) is 0 Å². The van der Waals surface area contributed by atoms with E-state index in [-0.39, 0.29) is 30.4 Å². The molecule has 4 atom stereocenters. The first-order valence-electron chi connectivity index (χ1n) is 6.02. The van der Waals surface area contributed by atoms with Crippen LogP contribution in [0.25, 0.3) is 0 Å². The van der Waals surface area contributed by atoms with Gasteiger partial charge in [0.1, 0.15) is 26.2 Å². The molecule has 0 spiro atoms. The van der Waals surface area contributed by atoms with Crippen molar-refractivity contribution in [2.45, 2.75) is 64.2 Å². The summed E-state index contributed by atoms with van der Waals surface area (Å²) in [6.07, 6.45) is -0.885. The summed E-state index contributed by atoms with van der Waals surface area (Å²) in [4.78, 5) is 0. The highest BCUT2D eigenvalue weighted by atomic mass is 16.6. The summed E-state index contributed by atoms with van der Waals surface area (Å²) in [5, 5.41) is 10.1. The molecular weight excluding hydrogens is 207 g/mol. The quantitative estimate of drug-likeness (QED) is 0.671. The van der Waals surface area contributed by atoms with Gasteiger partial charge in [-0.15, -0.1) is 0 Å². The standard InChI is InChI=1S/C11H23BO4/c1-6(2)14-5-8-9(13)10(11(12)16-8)15-7(3)4/h6-11,13H,5,12H2,1-4H3/t8-,9?,10+,11-/m1/s1. The Morgan fingerprint density at radius 2 is 1.88 bits per heavy atom. The highest BCUT2D eigenvalue weighted by Crippen LogP contribution is 2.23. The fourth-order valence-corrected chi connectivity index (χ4v) is 1.85. The highest BCUT2D eigenvalue weighted by molar-refractivity contribution is 6.11. The summed E-state index contributed by atoms with van der Waals surface area (Å²) in [5.41, 5.74) is 0. The van der Waals surface area contributed by atoms with Crippen molar-refractivity contribution in [2.24, 2.45) is 0 Å². The molecule has 16 heavy (non-hydrogen) atoms. The molecule has 1 aliphatic rings. The molecule has 0 aliphatic carbocycles. The maximum Gasteiger partial charge on any atom is 0.142 e. The Morgan fingerprint density at radius 3 is 2.38 bits per heavy atom. The van der Waals surface area contributed by atoms with Crippen molar-refractivity contribution < 1.29 is 19.3 Å². The van der Waals surface area contributed by atoms with Gasteiger partial charge in [0.25, 0.3) is 0 Å². The molecule has 4 nitrogen and oxygen atoms in total. The van der Waals surface area contributed by atoms with Gasteiger partial charge in [-0.1, -0.05) is 0 Å².